The van der Waals surface area contributed by atoms with Gasteiger partial charge in [0, 0.05) is 16.9 Å². The van der Waals surface area contributed by atoms with Gasteiger partial charge in [-0.2, -0.15) is 0 Å². The van der Waals surface area contributed by atoms with Crippen LogP contribution >= 0.6 is 27.5 Å². The zero-order valence-corrected chi connectivity index (χ0v) is 14.0. The first-order chi connectivity index (χ1) is 9.94. The van der Waals surface area contributed by atoms with E-state index in [0.717, 1.165) is 0 Å². The predicted molar refractivity (Wildman–Crippen MR) is 83.2 cm³/mol. The Morgan fingerprint density at radius 2 is 2.05 bits per heavy atom. The molecule has 0 unspecified atom stereocenters. The Hall–Kier alpha value is -1.38. The maximum Gasteiger partial charge on any atom is 0.266 e. The highest BCUT2D eigenvalue weighted by atomic mass is 79.9. The van der Waals surface area contributed by atoms with E-state index in [9.17, 15) is 8.42 Å². The number of aromatic nitrogens is 2. The molecule has 0 radical (unpaired) electrons. The van der Waals surface area contributed by atoms with Crippen molar-refractivity contribution in [3.63, 3.8) is 0 Å². The molecule has 0 fully saturated rings. The summed E-state index contributed by atoms with van der Waals surface area (Å²) in [4.78, 5) is 7.61. The van der Waals surface area contributed by atoms with Crippen LogP contribution in [0.15, 0.2) is 40.0 Å². The number of hydrogen-bond donors (Lipinski definition) is 1. The minimum Gasteiger partial charge on any atom is -0.492 e. The van der Waals surface area contributed by atoms with Crippen LogP contribution in [-0.2, 0) is 10.0 Å². The average molecular weight is 393 g/mol. The molecule has 1 aromatic heterocycles. The quantitative estimate of drug-likeness (QED) is 0.845. The van der Waals surface area contributed by atoms with Gasteiger partial charge in [0.1, 0.15) is 10.6 Å². The standard InChI is InChI=1S/C12H11BrClN3O3S/c1-2-20-9-4-3-8(13)7-10(9)21(18,19)17-12-11(14)15-5-6-16-12/h3-7H,2H2,1H3,(H,16,17). The van der Waals surface area contributed by atoms with Gasteiger partial charge in [0.25, 0.3) is 10.0 Å². The lowest BCUT2D eigenvalue weighted by atomic mass is 10.3. The minimum atomic E-state index is -3.90. The number of hydrogen-bond acceptors (Lipinski definition) is 5. The van der Waals surface area contributed by atoms with Gasteiger partial charge in [-0.1, -0.05) is 27.5 Å². The number of sulfonamides is 1. The van der Waals surface area contributed by atoms with Crippen molar-refractivity contribution in [1.82, 2.24) is 9.97 Å². The van der Waals surface area contributed by atoms with Crippen LogP contribution in [0.4, 0.5) is 5.82 Å². The largest absolute Gasteiger partial charge is 0.492 e. The van der Waals surface area contributed by atoms with Crippen molar-refractivity contribution in [1.29, 1.82) is 0 Å². The van der Waals surface area contributed by atoms with Crippen LogP contribution in [0.3, 0.4) is 0 Å². The Morgan fingerprint density at radius 3 is 2.71 bits per heavy atom. The summed E-state index contributed by atoms with van der Waals surface area (Å²) in [6.45, 7) is 2.11. The summed E-state index contributed by atoms with van der Waals surface area (Å²) in [6.07, 6.45) is 2.71. The third-order valence-corrected chi connectivity index (χ3v) is 4.51. The van der Waals surface area contributed by atoms with Crippen molar-refractivity contribution in [2.45, 2.75) is 11.8 Å². The van der Waals surface area contributed by atoms with E-state index in [2.05, 4.69) is 30.6 Å². The number of halogens is 2. The van der Waals surface area contributed by atoms with E-state index in [1.165, 1.54) is 18.5 Å². The molecule has 0 saturated heterocycles. The molecule has 0 aliphatic rings. The number of anilines is 1. The number of ether oxygens (including phenoxy) is 1. The zero-order chi connectivity index (χ0) is 15.5. The lowest BCUT2D eigenvalue weighted by Gasteiger charge is -2.12. The third kappa shape index (κ3) is 3.84. The molecule has 2 rings (SSSR count). The van der Waals surface area contributed by atoms with Crippen LogP contribution in [0.5, 0.6) is 5.75 Å². The molecule has 1 heterocycles. The topological polar surface area (TPSA) is 81.2 Å². The highest BCUT2D eigenvalue weighted by molar-refractivity contribution is 9.10. The van der Waals surface area contributed by atoms with E-state index >= 15 is 0 Å². The second-order valence-corrected chi connectivity index (χ2v) is 6.75. The molecule has 0 atom stereocenters. The van der Waals surface area contributed by atoms with Crippen molar-refractivity contribution >= 4 is 43.4 Å². The normalized spacial score (nSPS) is 11.2. The predicted octanol–water partition coefficient (Wildman–Crippen LogP) is 3.09. The van der Waals surface area contributed by atoms with Crippen LogP contribution in [-0.4, -0.2) is 25.0 Å². The molecule has 9 heteroatoms. The molecule has 0 spiro atoms. The Balaban J connectivity index is 2.44. The van der Waals surface area contributed by atoms with Crippen LogP contribution in [0.25, 0.3) is 0 Å². The van der Waals surface area contributed by atoms with Gasteiger partial charge < -0.3 is 4.74 Å². The first-order valence-corrected chi connectivity index (χ1v) is 8.51. The van der Waals surface area contributed by atoms with Gasteiger partial charge in [-0.05, 0) is 25.1 Å². The van der Waals surface area contributed by atoms with Crippen molar-refractivity contribution in [2.24, 2.45) is 0 Å². The Labute approximate surface area is 135 Å². The Morgan fingerprint density at radius 1 is 1.33 bits per heavy atom. The van der Waals surface area contributed by atoms with E-state index in [1.54, 1.807) is 19.1 Å². The number of nitrogens with one attached hydrogen (secondary N) is 1. The fourth-order valence-corrected chi connectivity index (χ4v) is 3.45. The van der Waals surface area contributed by atoms with Gasteiger partial charge in [0.05, 0.1) is 6.61 Å². The second kappa shape index (κ2) is 6.59. The van der Waals surface area contributed by atoms with Crippen LogP contribution in [0.1, 0.15) is 6.92 Å². The second-order valence-electron chi connectivity index (χ2n) is 3.83. The number of nitrogens with zero attached hydrogens (tertiary/aromatic N) is 2. The lowest BCUT2D eigenvalue weighted by molar-refractivity contribution is 0.331. The summed E-state index contributed by atoms with van der Waals surface area (Å²) in [5.41, 5.74) is 0. The molecule has 1 N–H and O–H groups in total. The maximum absolute atomic E-state index is 12.5. The maximum atomic E-state index is 12.5. The van der Waals surface area contributed by atoms with Crippen LogP contribution in [0.2, 0.25) is 5.15 Å². The van der Waals surface area contributed by atoms with Crippen molar-refractivity contribution in [2.75, 3.05) is 11.3 Å². The van der Waals surface area contributed by atoms with Crippen molar-refractivity contribution in [3.05, 3.63) is 40.2 Å². The van der Waals surface area contributed by atoms with E-state index < -0.39 is 10.0 Å². The number of rotatable bonds is 5. The van der Waals surface area contributed by atoms with Crippen LogP contribution < -0.4 is 9.46 Å². The summed E-state index contributed by atoms with van der Waals surface area (Å²) >= 11 is 9.05. The Bertz CT molecular complexity index is 755. The van der Waals surface area contributed by atoms with E-state index in [1.807, 2.05) is 0 Å². The van der Waals surface area contributed by atoms with E-state index in [0.29, 0.717) is 11.1 Å². The molecule has 21 heavy (non-hydrogen) atoms. The van der Waals surface area contributed by atoms with Gasteiger partial charge >= 0.3 is 0 Å². The molecule has 112 valence electrons. The fraction of sp³-hybridized carbons (Fsp3) is 0.167. The van der Waals surface area contributed by atoms with Crippen molar-refractivity contribution < 1.29 is 13.2 Å². The molecular formula is C12H11BrClN3O3S. The summed E-state index contributed by atoms with van der Waals surface area (Å²) in [5.74, 6) is 0.204. The van der Waals surface area contributed by atoms with Gasteiger partial charge in [0.2, 0.25) is 0 Å². The summed E-state index contributed by atoms with van der Waals surface area (Å²) in [5, 5.41) is -0.0333. The highest BCUT2D eigenvalue weighted by Gasteiger charge is 2.22. The van der Waals surface area contributed by atoms with Gasteiger partial charge in [-0.25, -0.2) is 18.4 Å². The van der Waals surface area contributed by atoms with Gasteiger partial charge in [-0.3, -0.25) is 4.72 Å². The minimum absolute atomic E-state index is 0.0135. The first-order valence-electron chi connectivity index (χ1n) is 5.85. The lowest BCUT2D eigenvalue weighted by Crippen LogP contribution is -2.16. The van der Waals surface area contributed by atoms with E-state index in [-0.39, 0.29) is 21.6 Å². The smallest absolute Gasteiger partial charge is 0.266 e. The molecule has 1 aromatic carbocycles. The summed E-state index contributed by atoms with van der Waals surface area (Å²) < 4.78 is 33.2. The molecular weight excluding hydrogens is 382 g/mol. The van der Waals surface area contributed by atoms with Gasteiger partial charge in [0.15, 0.2) is 11.0 Å². The SMILES string of the molecule is CCOc1ccc(Br)cc1S(=O)(=O)Nc1nccnc1Cl. The highest BCUT2D eigenvalue weighted by Crippen LogP contribution is 2.29. The first kappa shape index (κ1) is 16.0. The monoisotopic (exact) mass is 391 g/mol. The molecule has 2 aromatic rings. The molecule has 0 amide bonds. The molecule has 0 aliphatic heterocycles. The molecule has 0 saturated carbocycles. The fourth-order valence-electron chi connectivity index (χ4n) is 1.54. The Kier molecular flexibility index (Phi) is 5.02. The van der Waals surface area contributed by atoms with E-state index in [4.69, 9.17) is 16.3 Å². The third-order valence-electron chi connectivity index (χ3n) is 2.38. The molecule has 0 aliphatic carbocycles. The summed E-state index contributed by atoms with van der Waals surface area (Å²) in [6, 6.07) is 4.71. The zero-order valence-electron chi connectivity index (χ0n) is 10.9. The number of benzene rings is 1. The van der Waals surface area contributed by atoms with Gasteiger partial charge in [-0.15, -0.1) is 0 Å². The molecule has 0 bridgehead atoms. The average Bonchev–Trinajstić information content (AvgIpc) is 2.43. The summed E-state index contributed by atoms with van der Waals surface area (Å²) in [7, 11) is -3.90. The van der Waals surface area contributed by atoms with Crippen molar-refractivity contribution in [3.8, 4) is 5.75 Å². The molecule has 6 nitrogen and oxygen atoms in total. The van der Waals surface area contributed by atoms with Crippen LogP contribution in [0, 0.1) is 0 Å².